The molecule has 0 aromatic heterocycles. The Bertz CT molecular complexity index is 702. The molecule has 1 rings (SSSR count). The average molecular weight is 500 g/mol. The van der Waals surface area contributed by atoms with Crippen LogP contribution in [0.3, 0.4) is 0 Å². The molecule has 0 N–H and O–H groups in total. The highest BCUT2D eigenvalue weighted by Gasteiger charge is 2.06. The molecule has 0 bridgehead atoms. The minimum Gasteiger partial charge on any atom is -0.772 e. The summed E-state index contributed by atoms with van der Waals surface area (Å²) in [6.07, 6.45) is 21.3. The first-order valence-electron chi connectivity index (χ1n) is 12.1. The molecular formula is C26H40ClO3S2-. The molecule has 0 aliphatic carbocycles. The Morgan fingerprint density at radius 1 is 0.875 bits per heavy atom. The molecule has 3 unspecified atom stereocenters. The summed E-state index contributed by atoms with van der Waals surface area (Å²) in [7, 11) is -1.24. The van der Waals surface area contributed by atoms with Gasteiger partial charge in [0.05, 0.1) is 5.75 Å². The van der Waals surface area contributed by atoms with Crippen molar-refractivity contribution >= 4 is 33.5 Å². The highest BCUT2D eigenvalue weighted by Crippen LogP contribution is 2.14. The molecule has 0 spiro atoms. The summed E-state index contributed by atoms with van der Waals surface area (Å²) in [6, 6.07) is 7.19. The van der Waals surface area contributed by atoms with E-state index in [9.17, 15) is 13.0 Å². The molecule has 1 aromatic carbocycles. The van der Waals surface area contributed by atoms with Crippen LogP contribution in [0.2, 0.25) is 5.02 Å². The summed E-state index contributed by atoms with van der Waals surface area (Å²) in [5.41, 5.74) is 0.915. The predicted molar refractivity (Wildman–Crippen MR) is 140 cm³/mol. The van der Waals surface area contributed by atoms with Gasteiger partial charge in [0, 0.05) is 21.1 Å². The topological polar surface area (TPSA) is 57.2 Å². The van der Waals surface area contributed by atoms with Gasteiger partial charge in [-0.2, -0.15) is 0 Å². The van der Waals surface area contributed by atoms with E-state index in [-0.39, 0.29) is 0 Å². The predicted octanol–water partition coefficient (Wildman–Crippen LogP) is 8.00. The van der Waals surface area contributed by atoms with E-state index in [0.717, 1.165) is 37.7 Å². The van der Waals surface area contributed by atoms with Gasteiger partial charge >= 0.3 is 0 Å². The normalized spacial score (nSPS) is 14.8. The molecule has 0 radical (unpaired) electrons. The van der Waals surface area contributed by atoms with Crippen molar-refractivity contribution in [1.29, 1.82) is 0 Å². The second-order valence-corrected chi connectivity index (χ2v) is 11.2. The van der Waals surface area contributed by atoms with Gasteiger partial charge in [0.15, 0.2) is 0 Å². The van der Waals surface area contributed by atoms with E-state index in [1.807, 2.05) is 12.1 Å². The van der Waals surface area contributed by atoms with Gasteiger partial charge in [0.1, 0.15) is 0 Å². The van der Waals surface area contributed by atoms with Crippen LogP contribution >= 0.6 is 11.6 Å². The first-order valence-corrected chi connectivity index (χ1v) is 15.0. The van der Waals surface area contributed by atoms with Crippen LogP contribution in [0.25, 0.3) is 0 Å². The van der Waals surface area contributed by atoms with E-state index >= 15 is 0 Å². The molecule has 0 aliphatic rings. The van der Waals surface area contributed by atoms with Gasteiger partial charge in [-0.1, -0.05) is 100 Å². The minimum atomic E-state index is -2.19. The zero-order valence-electron chi connectivity index (χ0n) is 19.5. The summed E-state index contributed by atoms with van der Waals surface area (Å²) < 4.78 is 35.2. The Kier molecular flexibility index (Phi) is 18.0. The van der Waals surface area contributed by atoms with E-state index in [1.54, 1.807) is 18.2 Å². The van der Waals surface area contributed by atoms with Gasteiger partial charge in [-0.25, -0.2) is 0 Å². The number of unbranched alkanes of at least 4 members (excludes halogenated alkanes) is 10. The van der Waals surface area contributed by atoms with Gasteiger partial charge in [-0.05, 0) is 66.3 Å². The lowest BCUT2D eigenvalue weighted by Gasteiger charge is -2.15. The minimum absolute atomic E-state index is 0.359. The highest BCUT2D eigenvalue weighted by molar-refractivity contribution is 7.87. The fraction of sp³-hybridized carbons (Fsp3) is 0.615. The molecule has 32 heavy (non-hydrogen) atoms. The van der Waals surface area contributed by atoms with Crippen LogP contribution < -0.4 is 0 Å². The van der Waals surface area contributed by atoms with Crippen molar-refractivity contribution in [2.24, 2.45) is 0 Å². The zero-order chi connectivity index (χ0) is 23.4. The molecule has 182 valence electrons. The number of hydrogen-bond acceptors (Lipinski definition) is 3. The van der Waals surface area contributed by atoms with E-state index in [2.05, 4.69) is 19.1 Å². The van der Waals surface area contributed by atoms with Crippen molar-refractivity contribution in [2.45, 2.75) is 101 Å². The number of allylic oxidation sites excluding steroid dienone is 2. The third-order valence-corrected chi connectivity index (χ3v) is 7.63. The average Bonchev–Trinajstić information content (AvgIpc) is 2.77. The van der Waals surface area contributed by atoms with Crippen LogP contribution in [0.5, 0.6) is 0 Å². The number of rotatable bonds is 19. The van der Waals surface area contributed by atoms with Crippen LogP contribution in [0.15, 0.2) is 47.9 Å². The first kappa shape index (κ1) is 29.3. The molecule has 0 aliphatic heterocycles. The summed E-state index contributed by atoms with van der Waals surface area (Å²) in [5.74, 6) is 0.359. The molecule has 3 nitrogen and oxygen atoms in total. The molecule has 0 heterocycles. The first-order chi connectivity index (χ1) is 15.5. The summed E-state index contributed by atoms with van der Waals surface area (Å²) in [6.45, 7) is 2.25. The summed E-state index contributed by atoms with van der Waals surface area (Å²) in [4.78, 5) is 0. The highest BCUT2D eigenvalue weighted by atomic mass is 35.5. The second-order valence-electron chi connectivity index (χ2n) is 8.30. The van der Waals surface area contributed by atoms with Crippen LogP contribution in [0.4, 0.5) is 0 Å². The lowest BCUT2D eigenvalue weighted by Crippen LogP contribution is -2.12. The smallest absolute Gasteiger partial charge is 0.0526 e. The molecule has 3 atom stereocenters. The number of hydrogen-bond donors (Lipinski definition) is 0. The molecule has 0 saturated carbocycles. The largest absolute Gasteiger partial charge is 0.772 e. The van der Waals surface area contributed by atoms with E-state index in [4.69, 9.17) is 11.6 Å². The number of benzene rings is 1. The molecule has 0 saturated heterocycles. The van der Waals surface area contributed by atoms with Gasteiger partial charge in [0.2, 0.25) is 0 Å². The molecule has 1 aromatic rings. The van der Waals surface area contributed by atoms with Crippen molar-refractivity contribution < 1.29 is 13.0 Å². The van der Waals surface area contributed by atoms with E-state index < -0.39 is 27.1 Å². The fourth-order valence-corrected chi connectivity index (χ4v) is 5.24. The molecular weight excluding hydrogens is 460 g/mol. The Hall–Kier alpha value is -0.750. The molecule has 6 heteroatoms. The van der Waals surface area contributed by atoms with Gasteiger partial charge < -0.3 is 4.55 Å². The van der Waals surface area contributed by atoms with Crippen LogP contribution in [0, 0.1) is 0 Å². The van der Waals surface area contributed by atoms with Crippen molar-refractivity contribution in [2.75, 3.05) is 0 Å². The Morgan fingerprint density at radius 3 is 2.03 bits per heavy atom. The second kappa shape index (κ2) is 19.7. The van der Waals surface area contributed by atoms with E-state index in [0.29, 0.717) is 17.2 Å². The maximum atomic E-state index is 12.2. The SMILES string of the molecule is CCCCCCCCC=CCCCCCCC(C=CS(=O)Cc1ccc(Cl)cc1)S(=O)[O-]. The van der Waals surface area contributed by atoms with Gasteiger partial charge in [-0.3, -0.25) is 8.42 Å². The maximum Gasteiger partial charge on any atom is 0.0526 e. The Morgan fingerprint density at radius 2 is 1.44 bits per heavy atom. The molecule has 0 fully saturated rings. The standard InChI is InChI=1S/C26H41ClO3S2/c1-2-3-4-5-6-7-8-9-10-11-12-13-14-15-16-26(32(29)30)21-22-31(28)23-24-17-19-25(27)20-18-24/h9-10,17-22,26H,2-8,11-16,23H2,1H3,(H,29,30)/p-1. The fourth-order valence-electron chi connectivity index (χ4n) is 3.46. The lowest BCUT2D eigenvalue weighted by atomic mass is 10.1. The van der Waals surface area contributed by atoms with Crippen molar-refractivity contribution in [3.05, 3.63) is 58.5 Å². The quantitative estimate of drug-likeness (QED) is 0.110. The maximum absolute atomic E-state index is 12.2. The number of halogens is 1. The third-order valence-electron chi connectivity index (χ3n) is 5.41. The van der Waals surface area contributed by atoms with Gasteiger partial charge in [0.25, 0.3) is 0 Å². The summed E-state index contributed by atoms with van der Waals surface area (Å²) in [5, 5.41) is 1.59. The van der Waals surface area contributed by atoms with Crippen molar-refractivity contribution in [3.63, 3.8) is 0 Å². The van der Waals surface area contributed by atoms with Crippen LogP contribution in [0.1, 0.15) is 96.0 Å². The Labute approximate surface area is 205 Å². The van der Waals surface area contributed by atoms with Crippen molar-refractivity contribution in [1.82, 2.24) is 0 Å². The lowest BCUT2D eigenvalue weighted by molar-refractivity contribution is 0.520. The van der Waals surface area contributed by atoms with E-state index in [1.165, 1.54) is 50.4 Å². The summed E-state index contributed by atoms with van der Waals surface area (Å²) >= 11 is 3.67. The zero-order valence-corrected chi connectivity index (χ0v) is 21.9. The van der Waals surface area contributed by atoms with Crippen molar-refractivity contribution in [3.8, 4) is 0 Å². The molecule has 0 amide bonds. The van der Waals surface area contributed by atoms with Crippen LogP contribution in [-0.2, 0) is 27.6 Å². The Balaban J connectivity index is 2.12. The van der Waals surface area contributed by atoms with Gasteiger partial charge in [-0.15, -0.1) is 0 Å². The third kappa shape index (κ3) is 16.0. The monoisotopic (exact) mass is 499 g/mol. The van der Waals surface area contributed by atoms with Crippen LogP contribution in [-0.4, -0.2) is 18.2 Å².